The number of rotatable bonds is 3. The zero-order valence-corrected chi connectivity index (χ0v) is 12.0. The highest BCUT2D eigenvalue weighted by molar-refractivity contribution is 7.99. The Morgan fingerprint density at radius 1 is 1.37 bits per heavy atom. The van der Waals surface area contributed by atoms with Gasteiger partial charge in [0, 0.05) is 17.6 Å². The van der Waals surface area contributed by atoms with Crippen LogP contribution in [0.4, 0.5) is 0 Å². The number of aliphatic hydroxyl groups is 1. The first-order valence-electron chi connectivity index (χ1n) is 5.69. The van der Waals surface area contributed by atoms with Gasteiger partial charge in [-0.3, -0.25) is 0 Å². The summed E-state index contributed by atoms with van der Waals surface area (Å²) in [6.07, 6.45) is 1.68. The summed E-state index contributed by atoms with van der Waals surface area (Å²) in [7, 11) is 1.88. The van der Waals surface area contributed by atoms with Crippen molar-refractivity contribution >= 4 is 23.4 Å². The monoisotopic (exact) mass is 292 g/mol. The van der Waals surface area contributed by atoms with Crippen LogP contribution in [0, 0.1) is 11.8 Å². The molecule has 5 heteroatoms. The fourth-order valence-electron chi connectivity index (χ4n) is 1.48. The van der Waals surface area contributed by atoms with E-state index in [9.17, 15) is 0 Å². The molecule has 0 spiro atoms. The Morgan fingerprint density at radius 3 is 2.74 bits per heavy atom. The van der Waals surface area contributed by atoms with Crippen LogP contribution in [0.2, 0.25) is 5.02 Å². The molecule has 0 fully saturated rings. The number of aliphatic hydroxyl groups excluding tert-OH is 1. The number of imidazole rings is 1. The van der Waals surface area contributed by atoms with E-state index in [0.29, 0.717) is 10.8 Å². The van der Waals surface area contributed by atoms with Crippen LogP contribution in [0.5, 0.6) is 0 Å². The highest BCUT2D eigenvalue weighted by atomic mass is 35.5. The molecule has 0 bridgehead atoms. The molecule has 2 aromatic rings. The topological polar surface area (TPSA) is 38.0 Å². The van der Waals surface area contributed by atoms with Crippen molar-refractivity contribution in [3.8, 4) is 11.8 Å². The van der Waals surface area contributed by atoms with Gasteiger partial charge < -0.3 is 9.67 Å². The van der Waals surface area contributed by atoms with E-state index in [1.54, 1.807) is 18.0 Å². The van der Waals surface area contributed by atoms with Crippen molar-refractivity contribution in [3.05, 3.63) is 46.7 Å². The molecule has 0 aliphatic heterocycles. The number of nitrogens with zero attached hydrogens (tertiary/aromatic N) is 2. The van der Waals surface area contributed by atoms with Gasteiger partial charge in [-0.25, -0.2) is 4.98 Å². The predicted octanol–water partition coefficient (Wildman–Crippen LogP) is 2.71. The van der Waals surface area contributed by atoms with Crippen LogP contribution in [0.15, 0.2) is 35.6 Å². The van der Waals surface area contributed by atoms with Gasteiger partial charge in [0.2, 0.25) is 0 Å². The molecule has 0 saturated heterocycles. The summed E-state index contributed by atoms with van der Waals surface area (Å²) in [5.41, 5.74) is 1.74. The maximum absolute atomic E-state index is 9.07. The molecule has 0 amide bonds. The summed E-state index contributed by atoms with van der Waals surface area (Å²) < 4.78 is 1.87. The molecule has 98 valence electrons. The first-order chi connectivity index (χ1) is 9.20. The average molecular weight is 293 g/mol. The van der Waals surface area contributed by atoms with Crippen LogP contribution in [-0.2, 0) is 13.7 Å². The van der Waals surface area contributed by atoms with Crippen molar-refractivity contribution in [2.24, 2.45) is 7.05 Å². The Morgan fingerprint density at radius 2 is 2.11 bits per heavy atom. The standard InChI is InChI=1S/C14H13ClN2OS/c1-17-13(10-18)9-16-14(17)19-8-2-3-11-4-6-12(15)7-5-11/h4-7,9,18H,8,10H2,1H3. The Kier molecular flexibility index (Phi) is 4.92. The molecule has 0 aliphatic carbocycles. The molecule has 0 aliphatic rings. The molecule has 0 saturated carbocycles. The number of thioether (sulfide) groups is 1. The lowest BCUT2D eigenvalue weighted by molar-refractivity contribution is 0.271. The van der Waals surface area contributed by atoms with E-state index in [1.165, 1.54) is 0 Å². The molecule has 19 heavy (non-hydrogen) atoms. The fourth-order valence-corrected chi connectivity index (χ4v) is 2.32. The average Bonchev–Trinajstić information content (AvgIpc) is 2.77. The van der Waals surface area contributed by atoms with Gasteiger partial charge in [-0.05, 0) is 24.3 Å². The van der Waals surface area contributed by atoms with E-state index >= 15 is 0 Å². The summed E-state index contributed by atoms with van der Waals surface area (Å²) in [5, 5.41) is 10.6. The maximum Gasteiger partial charge on any atom is 0.168 e. The summed E-state index contributed by atoms with van der Waals surface area (Å²) in [6.45, 7) is 0.000509. The van der Waals surface area contributed by atoms with Crippen LogP contribution >= 0.6 is 23.4 Å². The minimum absolute atomic E-state index is 0.000509. The summed E-state index contributed by atoms with van der Waals surface area (Å²) in [6, 6.07) is 7.44. The van der Waals surface area contributed by atoms with E-state index in [1.807, 2.05) is 35.9 Å². The first kappa shape index (κ1) is 14.0. The second-order valence-electron chi connectivity index (χ2n) is 3.85. The third kappa shape index (κ3) is 3.77. The van der Waals surface area contributed by atoms with Gasteiger partial charge >= 0.3 is 0 Å². The second kappa shape index (κ2) is 6.67. The molecule has 2 rings (SSSR count). The number of aromatic nitrogens is 2. The van der Waals surface area contributed by atoms with Crippen LogP contribution in [0.3, 0.4) is 0 Å². The van der Waals surface area contributed by atoms with Gasteiger partial charge in [0.1, 0.15) is 0 Å². The van der Waals surface area contributed by atoms with Gasteiger partial charge in [0.25, 0.3) is 0 Å². The number of hydrogen-bond donors (Lipinski definition) is 1. The van der Waals surface area contributed by atoms with E-state index < -0.39 is 0 Å². The molecule has 1 heterocycles. The summed E-state index contributed by atoms with van der Waals surface area (Å²) in [4.78, 5) is 4.22. The van der Waals surface area contributed by atoms with Crippen LogP contribution < -0.4 is 0 Å². The number of halogens is 1. The Balaban J connectivity index is 1.93. The van der Waals surface area contributed by atoms with Crippen molar-refractivity contribution in [1.82, 2.24) is 9.55 Å². The molecule has 3 nitrogen and oxygen atoms in total. The third-order valence-electron chi connectivity index (χ3n) is 2.55. The third-order valence-corrected chi connectivity index (χ3v) is 3.73. The maximum atomic E-state index is 9.07. The predicted molar refractivity (Wildman–Crippen MR) is 78.2 cm³/mol. The van der Waals surface area contributed by atoms with E-state index in [-0.39, 0.29) is 6.61 Å². The largest absolute Gasteiger partial charge is 0.390 e. The van der Waals surface area contributed by atoms with Crippen molar-refractivity contribution in [1.29, 1.82) is 0 Å². The molecule has 0 unspecified atom stereocenters. The van der Waals surface area contributed by atoms with Crippen molar-refractivity contribution in [2.75, 3.05) is 5.75 Å². The Labute approximate surface area is 121 Å². The molecule has 1 aromatic heterocycles. The van der Waals surface area contributed by atoms with Gasteiger partial charge in [0.05, 0.1) is 24.3 Å². The zero-order chi connectivity index (χ0) is 13.7. The summed E-state index contributed by atoms with van der Waals surface area (Å²) >= 11 is 7.35. The molecule has 0 radical (unpaired) electrons. The fraction of sp³-hybridized carbons (Fsp3) is 0.214. The highest BCUT2D eigenvalue weighted by Crippen LogP contribution is 2.16. The molecule has 0 atom stereocenters. The molecule has 1 aromatic carbocycles. The SMILES string of the molecule is Cn1c(CO)cnc1SCC#Cc1ccc(Cl)cc1. The minimum atomic E-state index is 0.000509. The van der Waals surface area contributed by atoms with Crippen molar-refractivity contribution in [2.45, 2.75) is 11.8 Å². The molecule has 1 N–H and O–H groups in total. The van der Waals surface area contributed by atoms with Crippen LogP contribution in [-0.4, -0.2) is 20.4 Å². The minimum Gasteiger partial charge on any atom is -0.390 e. The zero-order valence-electron chi connectivity index (χ0n) is 10.4. The van der Waals surface area contributed by atoms with Crippen molar-refractivity contribution in [3.63, 3.8) is 0 Å². The lowest BCUT2D eigenvalue weighted by Crippen LogP contribution is -1.97. The quantitative estimate of drug-likeness (QED) is 0.698. The summed E-state index contributed by atoms with van der Waals surface area (Å²) in [5.74, 6) is 6.80. The van der Waals surface area contributed by atoms with Gasteiger partial charge in [0.15, 0.2) is 5.16 Å². The van der Waals surface area contributed by atoms with Crippen LogP contribution in [0.1, 0.15) is 11.3 Å². The van der Waals surface area contributed by atoms with Crippen LogP contribution in [0.25, 0.3) is 0 Å². The van der Waals surface area contributed by atoms with Gasteiger partial charge in [-0.15, -0.1) is 0 Å². The normalized spacial score (nSPS) is 10.1. The smallest absolute Gasteiger partial charge is 0.168 e. The first-order valence-corrected chi connectivity index (χ1v) is 7.05. The number of hydrogen-bond acceptors (Lipinski definition) is 3. The molecular weight excluding hydrogens is 280 g/mol. The van der Waals surface area contributed by atoms with E-state index in [0.717, 1.165) is 16.4 Å². The lowest BCUT2D eigenvalue weighted by Gasteiger charge is -2.00. The van der Waals surface area contributed by atoms with Gasteiger partial charge in [-0.1, -0.05) is 35.2 Å². The molecular formula is C14H13ClN2OS. The number of benzene rings is 1. The van der Waals surface area contributed by atoms with Crippen molar-refractivity contribution < 1.29 is 5.11 Å². The van der Waals surface area contributed by atoms with Gasteiger partial charge in [-0.2, -0.15) is 0 Å². The van der Waals surface area contributed by atoms with E-state index in [4.69, 9.17) is 16.7 Å². The second-order valence-corrected chi connectivity index (χ2v) is 5.23. The Hall–Kier alpha value is -1.41. The lowest BCUT2D eigenvalue weighted by atomic mass is 10.2. The van der Waals surface area contributed by atoms with E-state index in [2.05, 4.69) is 16.8 Å². The Bertz CT molecular complexity index is 611. The highest BCUT2D eigenvalue weighted by Gasteiger charge is 2.04.